The zero-order chi connectivity index (χ0) is 15.8. The average Bonchev–Trinajstić information content (AvgIpc) is 3.05. The van der Waals surface area contributed by atoms with Crippen LogP contribution in [0.2, 0.25) is 0 Å². The quantitative estimate of drug-likeness (QED) is 0.737. The SMILES string of the molecule is CCOCC(=O)NCCCn1nc(-c2ccco2)ccc1=O. The molecule has 0 aliphatic heterocycles. The maximum atomic E-state index is 11.8. The molecule has 0 bridgehead atoms. The molecule has 2 rings (SSSR count). The van der Waals surface area contributed by atoms with Crippen LogP contribution in [0.4, 0.5) is 0 Å². The predicted molar refractivity (Wildman–Crippen MR) is 80.3 cm³/mol. The van der Waals surface area contributed by atoms with Gasteiger partial charge in [0.25, 0.3) is 5.56 Å². The molecular weight excluding hydrogens is 286 g/mol. The summed E-state index contributed by atoms with van der Waals surface area (Å²) in [6.07, 6.45) is 2.16. The highest BCUT2D eigenvalue weighted by molar-refractivity contribution is 5.77. The summed E-state index contributed by atoms with van der Waals surface area (Å²) in [6, 6.07) is 6.63. The van der Waals surface area contributed by atoms with E-state index in [1.165, 1.54) is 10.7 Å². The molecule has 7 heteroatoms. The molecule has 118 valence electrons. The van der Waals surface area contributed by atoms with E-state index in [-0.39, 0.29) is 18.1 Å². The maximum Gasteiger partial charge on any atom is 0.266 e. The van der Waals surface area contributed by atoms with E-state index in [0.29, 0.717) is 37.6 Å². The van der Waals surface area contributed by atoms with Crippen LogP contribution in [0.3, 0.4) is 0 Å². The van der Waals surface area contributed by atoms with Gasteiger partial charge in [-0.2, -0.15) is 5.10 Å². The molecule has 0 unspecified atom stereocenters. The first kappa shape index (κ1) is 16.0. The highest BCUT2D eigenvalue weighted by Crippen LogP contribution is 2.14. The number of nitrogens with zero attached hydrogens (tertiary/aromatic N) is 2. The molecule has 2 aromatic rings. The zero-order valence-electron chi connectivity index (χ0n) is 12.4. The highest BCUT2D eigenvalue weighted by Gasteiger charge is 2.06. The van der Waals surface area contributed by atoms with Crippen molar-refractivity contribution in [3.63, 3.8) is 0 Å². The van der Waals surface area contributed by atoms with Gasteiger partial charge in [-0.05, 0) is 31.5 Å². The van der Waals surface area contributed by atoms with Gasteiger partial charge in [-0.25, -0.2) is 4.68 Å². The maximum absolute atomic E-state index is 11.8. The lowest BCUT2D eigenvalue weighted by atomic mass is 10.3. The second-order valence-electron chi connectivity index (χ2n) is 4.60. The van der Waals surface area contributed by atoms with Crippen molar-refractivity contribution in [2.75, 3.05) is 19.8 Å². The Bertz CT molecular complexity index is 649. The highest BCUT2D eigenvalue weighted by atomic mass is 16.5. The summed E-state index contributed by atoms with van der Waals surface area (Å²) in [4.78, 5) is 23.1. The van der Waals surface area contributed by atoms with Gasteiger partial charge in [0.05, 0.1) is 6.26 Å². The number of carbonyl (C=O) groups is 1. The summed E-state index contributed by atoms with van der Waals surface area (Å²) in [7, 11) is 0. The van der Waals surface area contributed by atoms with E-state index in [2.05, 4.69) is 10.4 Å². The van der Waals surface area contributed by atoms with Gasteiger partial charge in [0.2, 0.25) is 5.91 Å². The molecule has 0 aliphatic rings. The Morgan fingerprint density at radius 2 is 2.27 bits per heavy atom. The van der Waals surface area contributed by atoms with Gasteiger partial charge in [-0.1, -0.05) is 0 Å². The summed E-state index contributed by atoms with van der Waals surface area (Å²) < 4.78 is 11.6. The molecule has 2 heterocycles. The number of amides is 1. The third kappa shape index (κ3) is 4.56. The summed E-state index contributed by atoms with van der Waals surface area (Å²) in [5.41, 5.74) is 0.418. The van der Waals surface area contributed by atoms with E-state index in [1.807, 2.05) is 6.92 Å². The molecule has 1 amide bonds. The fourth-order valence-electron chi connectivity index (χ4n) is 1.87. The summed E-state index contributed by atoms with van der Waals surface area (Å²) >= 11 is 0. The summed E-state index contributed by atoms with van der Waals surface area (Å²) in [5.74, 6) is 0.449. The Morgan fingerprint density at radius 3 is 3.00 bits per heavy atom. The van der Waals surface area contributed by atoms with Crippen LogP contribution in [0.25, 0.3) is 11.5 Å². The molecule has 2 aromatic heterocycles. The molecule has 0 radical (unpaired) electrons. The smallest absolute Gasteiger partial charge is 0.266 e. The van der Waals surface area contributed by atoms with Gasteiger partial charge < -0.3 is 14.5 Å². The first-order valence-electron chi connectivity index (χ1n) is 7.17. The number of aromatic nitrogens is 2. The van der Waals surface area contributed by atoms with Gasteiger partial charge >= 0.3 is 0 Å². The third-order valence-corrected chi connectivity index (χ3v) is 2.95. The molecule has 0 saturated carbocycles. The largest absolute Gasteiger partial charge is 0.463 e. The summed E-state index contributed by atoms with van der Waals surface area (Å²) in [5, 5.41) is 6.98. The van der Waals surface area contributed by atoms with Crippen LogP contribution in [-0.2, 0) is 16.1 Å². The lowest BCUT2D eigenvalue weighted by molar-refractivity contribution is -0.125. The van der Waals surface area contributed by atoms with Crippen LogP contribution in [0.15, 0.2) is 39.7 Å². The number of rotatable bonds is 8. The molecular formula is C15H19N3O4. The molecule has 1 N–H and O–H groups in total. The monoisotopic (exact) mass is 305 g/mol. The molecule has 0 fully saturated rings. The van der Waals surface area contributed by atoms with E-state index in [1.54, 1.807) is 24.5 Å². The van der Waals surface area contributed by atoms with Crippen LogP contribution in [0.5, 0.6) is 0 Å². The minimum absolute atomic E-state index is 0.0582. The van der Waals surface area contributed by atoms with E-state index in [0.717, 1.165) is 0 Å². The van der Waals surface area contributed by atoms with E-state index in [4.69, 9.17) is 9.15 Å². The number of furan rings is 1. The normalized spacial score (nSPS) is 10.6. The van der Waals surface area contributed by atoms with Crippen molar-refractivity contribution in [1.29, 1.82) is 0 Å². The molecule has 22 heavy (non-hydrogen) atoms. The molecule has 7 nitrogen and oxygen atoms in total. The van der Waals surface area contributed by atoms with Crippen molar-refractivity contribution in [2.45, 2.75) is 19.9 Å². The molecule has 0 atom stereocenters. The van der Waals surface area contributed by atoms with E-state index < -0.39 is 0 Å². The second kappa shape index (κ2) is 8.14. The number of ether oxygens (including phenoxy) is 1. The van der Waals surface area contributed by atoms with Crippen molar-refractivity contribution in [3.8, 4) is 11.5 Å². The van der Waals surface area contributed by atoms with Crippen molar-refractivity contribution in [3.05, 3.63) is 40.9 Å². The van der Waals surface area contributed by atoms with Crippen molar-refractivity contribution in [1.82, 2.24) is 15.1 Å². The lowest BCUT2D eigenvalue weighted by Crippen LogP contribution is -2.30. The summed E-state index contributed by atoms with van der Waals surface area (Å²) in [6.45, 7) is 3.28. The lowest BCUT2D eigenvalue weighted by Gasteiger charge is -2.07. The van der Waals surface area contributed by atoms with Crippen LogP contribution in [0.1, 0.15) is 13.3 Å². The molecule has 0 saturated heterocycles. The van der Waals surface area contributed by atoms with Gasteiger partial charge in [0.1, 0.15) is 12.3 Å². The van der Waals surface area contributed by atoms with E-state index in [9.17, 15) is 9.59 Å². The minimum atomic E-state index is -0.184. The van der Waals surface area contributed by atoms with Gasteiger partial charge in [-0.3, -0.25) is 9.59 Å². The number of hydrogen-bond donors (Lipinski definition) is 1. The Balaban J connectivity index is 1.86. The molecule has 0 aromatic carbocycles. The van der Waals surface area contributed by atoms with Crippen LogP contribution in [0, 0.1) is 0 Å². The van der Waals surface area contributed by atoms with Gasteiger partial charge in [-0.15, -0.1) is 0 Å². The molecule has 0 spiro atoms. The minimum Gasteiger partial charge on any atom is -0.463 e. The van der Waals surface area contributed by atoms with Crippen molar-refractivity contribution in [2.24, 2.45) is 0 Å². The molecule has 0 aliphatic carbocycles. The standard InChI is InChI=1S/C15H19N3O4/c1-2-21-11-14(19)16-8-4-9-18-15(20)7-6-12(17-18)13-5-3-10-22-13/h3,5-7,10H,2,4,8-9,11H2,1H3,(H,16,19). The van der Waals surface area contributed by atoms with Crippen LogP contribution < -0.4 is 10.9 Å². The number of carbonyl (C=O) groups excluding carboxylic acids is 1. The average molecular weight is 305 g/mol. The first-order chi connectivity index (χ1) is 10.7. The Hall–Kier alpha value is -2.41. The number of nitrogens with one attached hydrogen (secondary N) is 1. The zero-order valence-corrected chi connectivity index (χ0v) is 12.4. The number of aryl methyl sites for hydroxylation is 1. The van der Waals surface area contributed by atoms with Crippen molar-refractivity contribution >= 4 is 5.91 Å². The van der Waals surface area contributed by atoms with Gasteiger partial charge in [0, 0.05) is 25.8 Å². The third-order valence-electron chi connectivity index (χ3n) is 2.95. The Kier molecular flexibility index (Phi) is 5.91. The second-order valence-corrected chi connectivity index (χ2v) is 4.60. The van der Waals surface area contributed by atoms with Crippen LogP contribution >= 0.6 is 0 Å². The van der Waals surface area contributed by atoms with Crippen LogP contribution in [-0.4, -0.2) is 35.4 Å². The fourth-order valence-corrected chi connectivity index (χ4v) is 1.87. The Morgan fingerprint density at radius 1 is 1.41 bits per heavy atom. The van der Waals surface area contributed by atoms with Gasteiger partial charge in [0.15, 0.2) is 5.76 Å². The van der Waals surface area contributed by atoms with Crippen molar-refractivity contribution < 1.29 is 13.9 Å². The van der Waals surface area contributed by atoms with E-state index >= 15 is 0 Å². The number of hydrogen-bond acceptors (Lipinski definition) is 5. The fraction of sp³-hybridized carbons (Fsp3) is 0.400. The predicted octanol–water partition coefficient (Wildman–Crippen LogP) is 1.05. The Labute approximate surface area is 127 Å². The first-order valence-corrected chi connectivity index (χ1v) is 7.17. The topological polar surface area (TPSA) is 86.4 Å².